The number of nitrogens with zero attached hydrogens (tertiary/aromatic N) is 1. The van der Waals surface area contributed by atoms with Crippen LogP contribution < -0.4 is 18.9 Å². The molecule has 7 heteroatoms. The highest BCUT2D eigenvalue weighted by Crippen LogP contribution is 2.40. The summed E-state index contributed by atoms with van der Waals surface area (Å²) in [6, 6.07) is 15.6. The summed E-state index contributed by atoms with van der Waals surface area (Å²) in [7, 11) is 4.79. The van der Waals surface area contributed by atoms with Crippen molar-refractivity contribution in [3.05, 3.63) is 71.5 Å². The average Bonchev–Trinajstić information content (AvgIpc) is 3.07. The van der Waals surface area contributed by atoms with Crippen LogP contribution in [0.3, 0.4) is 0 Å². The molecule has 3 aromatic rings. The quantitative estimate of drug-likeness (QED) is 0.553. The second kappa shape index (κ2) is 9.81. The van der Waals surface area contributed by atoms with Crippen molar-refractivity contribution in [1.29, 1.82) is 0 Å². The first-order chi connectivity index (χ1) is 16.0. The second-order valence-corrected chi connectivity index (χ2v) is 7.70. The summed E-state index contributed by atoms with van der Waals surface area (Å²) in [5, 5.41) is 0. The molecule has 0 fully saturated rings. The Labute approximate surface area is 192 Å². The highest BCUT2D eigenvalue weighted by molar-refractivity contribution is 5.79. The van der Waals surface area contributed by atoms with Crippen LogP contribution in [0.25, 0.3) is 11.1 Å². The van der Waals surface area contributed by atoms with Gasteiger partial charge in [0, 0.05) is 12.1 Å². The van der Waals surface area contributed by atoms with Gasteiger partial charge in [-0.3, -0.25) is 4.79 Å². The fourth-order valence-electron chi connectivity index (χ4n) is 3.92. The number of methoxy groups -OCH3 is 3. The Kier molecular flexibility index (Phi) is 6.68. The van der Waals surface area contributed by atoms with Crippen molar-refractivity contribution in [1.82, 2.24) is 4.90 Å². The van der Waals surface area contributed by atoms with Crippen LogP contribution in [-0.2, 0) is 17.8 Å². The summed E-state index contributed by atoms with van der Waals surface area (Å²) >= 11 is 0. The maximum absolute atomic E-state index is 13.2. The lowest BCUT2D eigenvalue weighted by Crippen LogP contribution is -2.33. The fraction of sp³-hybridized carbons (Fsp3) is 0.269. The van der Waals surface area contributed by atoms with E-state index in [0.29, 0.717) is 42.7 Å². The van der Waals surface area contributed by atoms with Crippen molar-refractivity contribution in [2.75, 3.05) is 34.5 Å². The number of amides is 1. The summed E-state index contributed by atoms with van der Waals surface area (Å²) in [5.41, 5.74) is 3.44. The Balaban J connectivity index is 1.64. The van der Waals surface area contributed by atoms with Gasteiger partial charge in [-0.1, -0.05) is 18.2 Å². The molecule has 172 valence electrons. The molecule has 6 nitrogen and oxygen atoms in total. The number of fused-ring (bicyclic) bond motifs is 1. The molecule has 0 aromatic heterocycles. The number of carbonyl (C=O) groups is 1. The van der Waals surface area contributed by atoms with Crippen molar-refractivity contribution in [2.24, 2.45) is 0 Å². The van der Waals surface area contributed by atoms with E-state index in [1.54, 1.807) is 38.4 Å². The third kappa shape index (κ3) is 4.87. The third-order valence-corrected chi connectivity index (χ3v) is 5.66. The Bertz CT molecular complexity index is 1150. The molecular formula is C26H26FNO5. The second-order valence-electron chi connectivity index (χ2n) is 7.70. The summed E-state index contributed by atoms with van der Waals surface area (Å²) in [5.74, 6) is 2.13. The molecule has 1 aliphatic heterocycles. The molecule has 1 amide bonds. The summed E-state index contributed by atoms with van der Waals surface area (Å²) < 4.78 is 35.6. The number of ether oxygens (including phenoxy) is 4. The van der Waals surface area contributed by atoms with Crippen LogP contribution in [0.15, 0.2) is 54.6 Å². The van der Waals surface area contributed by atoms with E-state index in [-0.39, 0.29) is 18.1 Å². The zero-order valence-electron chi connectivity index (χ0n) is 18.9. The van der Waals surface area contributed by atoms with E-state index in [0.717, 1.165) is 22.3 Å². The SMILES string of the molecule is COc1ccc(-c2cc3c(c(OC)c2)OCCN(C(=O)Cc2ccc(F)cc2)C3)cc1OC. The standard InChI is InChI=1S/C26H26FNO5/c1-30-22-9-6-18(14-23(22)31-2)19-13-20-16-28(10-11-33-26(20)24(15-19)32-3)25(29)12-17-4-7-21(27)8-5-17/h4-9,13-15H,10-12,16H2,1-3H3. The van der Waals surface area contributed by atoms with Gasteiger partial charge in [0.05, 0.1) is 34.3 Å². The van der Waals surface area contributed by atoms with Crippen molar-refractivity contribution in [2.45, 2.75) is 13.0 Å². The van der Waals surface area contributed by atoms with Gasteiger partial charge in [-0.05, 0) is 53.1 Å². The van der Waals surface area contributed by atoms with Crippen LogP contribution in [0, 0.1) is 5.82 Å². The normalized spacial score (nSPS) is 12.9. The topological polar surface area (TPSA) is 57.2 Å². The molecule has 0 atom stereocenters. The molecule has 0 saturated carbocycles. The number of carbonyl (C=O) groups excluding carboxylic acids is 1. The van der Waals surface area contributed by atoms with Gasteiger partial charge in [-0.15, -0.1) is 0 Å². The molecule has 0 unspecified atom stereocenters. The molecule has 1 heterocycles. The molecule has 0 bridgehead atoms. The highest BCUT2D eigenvalue weighted by Gasteiger charge is 2.24. The maximum Gasteiger partial charge on any atom is 0.227 e. The number of benzene rings is 3. The van der Waals surface area contributed by atoms with Gasteiger partial charge < -0.3 is 23.8 Å². The van der Waals surface area contributed by atoms with E-state index in [1.807, 2.05) is 30.3 Å². The monoisotopic (exact) mass is 451 g/mol. The third-order valence-electron chi connectivity index (χ3n) is 5.66. The molecule has 3 aromatic carbocycles. The largest absolute Gasteiger partial charge is 0.493 e. The van der Waals surface area contributed by atoms with Crippen LogP contribution in [0.5, 0.6) is 23.0 Å². The zero-order chi connectivity index (χ0) is 23.4. The Morgan fingerprint density at radius 3 is 2.30 bits per heavy atom. The van der Waals surface area contributed by atoms with E-state index in [2.05, 4.69) is 0 Å². The first-order valence-electron chi connectivity index (χ1n) is 10.6. The van der Waals surface area contributed by atoms with Crippen molar-refractivity contribution < 1.29 is 28.1 Å². The number of rotatable bonds is 6. The molecule has 4 rings (SSSR count). The molecule has 0 radical (unpaired) electrons. The molecule has 1 aliphatic rings. The number of halogens is 1. The lowest BCUT2D eigenvalue weighted by molar-refractivity contribution is -0.131. The predicted octanol–water partition coefficient (Wildman–Crippen LogP) is 4.48. The van der Waals surface area contributed by atoms with Gasteiger partial charge in [0.1, 0.15) is 12.4 Å². The smallest absolute Gasteiger partial charge is 0.227 e. The number of hydrogen-bond acceptors (Lipinski definition) is 5. The van der Waals surface area contributed by atoms with Gasteiger partial charge in [0.2, 0.25) is 5.91 Å². The van der Waals surface area contributed by atoms with Gasteiger partial charge >= 0.3 is 0 Å². The van der Waals surface area contributed by atoms with Crippen LogP contribution in [-0.4, -0.2) is 45.3 Å². The molecule has 0 aliphatic carbocycles. The predicted molar refractivity (Wildman–Crippen MR) is 123 cm³/mol. The lowest BCUT2D eigenvalue weighted by atomic mass is 10.0. The Morgan fingerprint density at radius 1 is 0.909 bits per heavy atom. The fourth-order valence-corrected chi connectivity index (χ4v) is 3.92. The van der Waals surface area contributed by atoms with Gasteiger partial charge in [0.25, 0.3) is 0 Å². The van der Waals surface area contributed by atoms with E-state index in [9.17, 15) is 9.18 Å². The first-order valence-corrected chi connectivity index (χ1v) is 10.6. The van der Waals surface area contributed by atoms with Crippen LogP contribution in [0.1, 0.15) is 11.1 Å². The van der Waals surface area contributed by atoms with Crippen LogP contribution in [0.4, 0.5) is 4.39 Å². The Hall–Kier alpha value is -3.74. The summed E-state index contributed by atoms with van der Waals surface area (Å²) in [6.45, 7) is 1.19. The summed E-state index contributed by atoms with van der Waals surface area (Å²) in [4.78, 5) is 14.8. The minimum absolute atomic E-state index is 0.0476. The van der Waals surface area contributed by atoms with Crippen LogP contribution in [0.2, 0.25) is 0 Å². The van der Waals surface area contributed by atoms with Crippen molar-refractivity contribution >= 4 is 5.91 Å². The minimum atomic E-state index is -0.321. The van der Waals surface area contributed by atoms with Gasteiger partial charge in [-0.2, -0.15) is 0 Å². The molecule has 0 saturated heterocycles. The van der Waals surface area contributed by atoms with Crippen molar-refractivity contribution in [3.8, 4) is 34.1 Å². The number of hydrogen-bond donors (Lipinski definition) is 0. The van der Waals surface area contributed by atoms with Crippen molar-refractivity contribution in [3.63, 3.8) is 0 Å². The zero-order valence-corrected chi connectivity index (χ0v) is 18.9. The van der Waals surface area contributed by atoms with E-state index >= 15 is 0 Å². The lowest BCUT2D eigenvalue weighted by Gasteiger charge is -2.20. The maximum atomic E-state index is 13.2. The molecular weight excluding hydrogens is 425 g/mol. The molecule has 0 N–H and O–H groups in total. The van der Waals surface area contributed by atoms with Gasteiger partial charge in [-0.25, -0.2) is 4.39 Å². The van der Waals surface area contributed by atoms with E-state index in [1.165, 1.54) is 12.1 Å². The highest BCUT2D eigenvalue weighted by atomic mass is 19.1. The molecule has 33 heavy (non-hydrogen) atoms. The van der Waals surface area contributed by atoms with Crippen LogP contribution >= 0.6 is 0 Å². The molecule has 0 spiro atoms. The average molecular weight is 451 g/mol. The van der Waals surface area contributed by atoms with E-state index in [4.69, 9.17) is 18.9 Å². The van der Waals surface area contributed by atoms with Gasteiger partial charge in [0.15, 0.2) is 23.0 Å². The first kappa shape index (κ1) is 22.5. The minimum Gasteiger partial charge on any atom is -0.493 e. The Morgan fingerprint density at radius 2 is 1.61 bits per heavy atom. The van der Waals surface area contributed by atoms with E-state index < -0.39 is 0 Å². The summed E-state index contributed by atoms with van der Waals surface area (Å²) in [6.07, 6.45) is 0.197.